The van der Waals surface area contributed by atoms with Gasteiger partial charge in [-0.3, -0.25) is 4.99 Å². The van der Waals surface area contributed by atoms with Crippen LogP contribution in [0.25, 0.3) is 0 Å². The minimum atomic E-state index is 0. The lowest BCUT2D eigenvalue weighted by Gasteiger charge is -2.14. The third-order valence-corrected chi connectivity index (χ3v) is 4.16. The van der Waals surface area contributed by atoms with Gasteiger partial charge in [0, 0.05) is 44.0 Å². The predicted octanol–water partition coefficient (Wildman–Crippen LogP) is 3.53. The molecule has 1 unspecified atom stereocenters. The maximum absolute atomic E-state index is 5.73. The molecule has 1 aliphatic rings. The fraction of sp³-hybridized carbons (Fsp3) is 0.650. The molecule has 0 amide bonds. The highest BCUT2D eigenvalue weighted by molar-refractivity contribution is 14.0. The van der Waals surface area contributed by atoms with Gasteiger partial charge in [0.15, 0.2) is 17.5 Å². The number of methoxy groups -OCH3 is 1. The minimum absolute atomic E-state index is 0. The number of nitrogens with zero attached hydrogens (tertiary/aromatic N) is 1. The van der Waals surface area contributed by atoms with Gasteiger partial charge in [-0.25, -0.2) is 0 Å². The van der Waals surface area contributed by atoms with Crippen LogP contribution < -0.4 is 20.1 Å². The monoisotopic (exact) mass is 507 g/mol. The molecule has 0 aromatic heterocycles. The van der Waals surface area contributed by atoms with Crippen LogP contribution in [0.3, 0.4) is 0 Å². The number of aliphatic imine (C=N–C) groups is 1. The van der Waals surface area contributed by atoms with Gasteiger partial charge in [0.1, 0.15) is 0 Å². The molecule has 28 heavy (non-hydrogen) atoms. The molecule has 160 valence electrons. The Labute approximate surface area is 185 Å². The number of rotatable bonds is 11. The minimum Gasteiger partial charge on any atom is -0.493 e. The second kappa shape index (κ2) is 14.7. The van der Waals surface area contributed by atoms with Gasteiger partial charge in [-0.05, 0) is 38.8 Å². The summed E-state index contributed by atoms with van der Waals surface area (Å²) in [6.45, 7) is 9.27. The normalized spacial score (nSPS) is 16.4. The van der Waals surface area contributed by atoms with Gasteiger partial charge in [0.25, 0.3) is 0 Å². The van der Waals surface area contributed by atoms with Crippen molar-refractivity contribution in [1.82, 2.24) is 5.32 Å². The highest BCUT2D eigenvalue weighted by Crippen LogP contribution is 2.30. The zero-order chi connectivity index (χ0) is 19.3. The molecule has 1 aliphatic heterocycles. The van der Waals surface area contributed by atoms with E-state index in [2.05, 4.69) is 15.6 Å². The molecule has 2 N–H and O–H groups in total. The Morgan fingerprint density at radius 3 is 2.82 bits per heavy atom. The van der Waals surface area contributed by atoms with Crippen molar-refractivity contribution in [2.24, 2.45) is 10.9 Å². The SMILES string of the molecule is CCNC(=NCCCOCC1CCOC1)Nc1ccc(OC)c(OCC)c1.I. The Bertz CT molecular complexity index is 581. The van der Waals surface area contributed by atoms with E-state index in [0.717, 1.165) is 57.5 Å². The Hall–Kier alpha value is -1.26. The molecular weight excluding hydrogens is 473 g/mol. The molecule has 1 heterocycles. The Morgan fingerprint density at radius 2 is 2.14 bits per heavy atom. The number of ether oxygens (including phenoxy) is 4. The van der Waals surface area contributed by atoms with Gasteiger partial charge in [0.2, 0.25) is 0 Å². The zero-order valence-electron chi connectivity index (χ0n) is 17.2. The van der Waals surface area contributed by atoms with E-state index in [0.29, 0.717) is 30.6 Å². The van der Waals surface area contributed by atoms with Crippen molar-refractivity contribution in [2.75, 3.05) is 58.6 Å². The molecule has 0 aliphatic carbocycles. The van der Waals surface area contributed by atoms with Crippen molar-refractivity contribution in [2.45, 2.75) is 26.7 Å². The van der Waals surface area contributed by atoms with Gasteiger partial charge in [-0.1, -0.05) is 0 Å². The van der Waals surface area contributed by atoms with Crippen LogP contribution in [0.2, 0.25) is 0 Å². The molecule has 1 aromatic rings. The third kappa shape index (κ3) is 8.83. The van der Waals surface area contributed by atoms with Crippen LogP contribution in [0, 0.1) is 5.92 Å². The zero-order valence-corrected chi connectivity index (χ0v) is 19.5. The smallest absolute Gasteiger partial charge is 0.195 e. The van der Waals surface area contributed by atoms with Gasteiger partial charge in [0.05, 0.1) is 26.9 Å². The summed E-state index contributed by atoms with van der Waals surface area (Å²) in [5.74, 6) is 2.73. The highest BCUT2D eigenvalue weighted by Gasteiger charge is 2.15. The molecule has 1 atom stereocenters. The summed E-state index contributed by atoms with van der Waals surface area (Å²) in [6.07, 6.45) is 2.00. The lowest BCUT2D eigenvalue weighted by atomic mass is 10.1. The third-order valence-electron chi connectivity index (χ3n) is 4.16. The molecule has 1 saturated heterocycles. The molecule has 0 bridgehead atoms. The summed E-state index contributed by atoms with van der Waals surface area (Å²) in [7, 11) is 1.64. The van der Waals surface area contributed by atoms with E-state index in [1.54, 1.807) is 7.11 Å². The summed E-state index contributed by atoms with van der Waals surface area (Å²) < 4.78 is 22.0. The first-order valence-electron chi connectivity index (χ1n) is 9.78. The largest absolute Gasteiger partial charge is 0.493 e. The Kier molecular flexibility index (Phi) is 13.0. The molecule has 7 nitrogen and oxygen atoms in total. The Balaban J connectivity index is 0.00000392. The van der Waals surface area contributed by atoms with Gasteiger partial charge >= 0.3 is 0 Å². The van der Waals surface area contributed by atoms with Crippen molar-refractivity contribution < 1.29 is 18.9 Å². The number of anilines is 1. The first kappa shape index (κ1) is 24.8. The molecule has 0 saturated carbocycles. The maximum atomic E-state index is 5.73. The summed E-state index contributed by atoms with van der Waals surface area (Å²) >= 11 is 0. The van der Waals surface area contributed by atoms with Crippen LogP contribution in [-0.2, 0) is 9.47 Å². The fourth-order valence-corrected chi connectivity index (χ4v) is 2.79. The summed E-state index contributed by atoms with van der Waals surface area (Å²) in [6, 6.07) is 5.75. The number of hydrogen-bond acceptors (Lipinski definition) is 5. The molecule has 0 spiro atoms. The number of nitrogens with one attached hydrogen (secondary N) is 2. The standard InChI is InChI=1S/C20H33N3O4.HI/c1-4-21-20(22-10-6-11-25-14-16-9-12-26-15-16)23-17-7-8-18(24-3)19(13-17)27-5-2;/h7-8,13,16H,4-6,9-12,14-15H2,1-3H3,(H2,21,22,23);1H. The molecular formula is C20H34IN3O4. The predicted molar refractivity (Wildman–Crippen MR) is 124 cm³/mol. The van der Waals surface area contributed by atoms with Crippen molar-refractivity contribution >= 4 is 35.6 Å². The van der Waals surface area contributed by atoms with E-state index < -0.39 is 0 Å². The fourth-order valence-electron chi connectivity index (χ4n) is 2.79. The van der Waals surface area contributed by atoms with Crippen LogP contribution in [-0.4, -0.2) is 59.2 Å². The number of halogens is 1. The van der Waals surface area contributed by atoms with Crippen molar-refractivity contribution in [3.63, 3.8) is 0 Å². The van der Waals surface area contributed by atoms with E-state index in [4.69, 9.17) is 18.9 Å². The van der Waals surface area contributed by atoms with E-state index in [9.17, 15) is 0 Å². The summed E-state index contributed by atoms with van der Waals surface area (Å²) in [4.78, 5) is 4.61. The van der Waals surface area contributed by atoms with Crippen molar-refractivity contribution in [3.8, 4) is 11.5 Å². The molecule has 8 heteroatoms. The summed E-state index contributed by atoms with van der Waals surface area (Å²) in [5, 5.41) is 6.57. The van der Waals surface area contributed by atoms with Gasteiger partial charge in [-0.15, -0.1) is 24.0 Å². The maximum Gasteiger partial charge on any atom is 0.195 e. The highest BCUT2D eigenvalue weighted by atomic mass is 127. The van der Waals surface area contributed by atoms with E-state index >= 15 is 0 Å². The van der Waals surface area contributed by atoms with Gasteiger partial charge < -0.3 is 29.6 Å². The van der Waals surface area contributed by atoms with Crippen LogP contribution in [0.15, 0.2) is 23.2 Å². The average molecular weight is 507 g/mol. The molecule has 2 rings (SSSR count). The molecule has 0 radical (unpaired) electrons. The van der Waals surface area contributed by atoms with E-state index in [-0.39, 0.29) is 24.0 Å². The summed E-state index contributed by atoms with van der Waals surface area (Å²) in [5.41, 5.74) is 0.899. The van der Waals surface area contributed by atoms with E-state index in [1.165, 1.54) is 0 Å². The Morgan fingerprint density at radius 1 is 1.29 bits per heavy atom. The average Bonchev–Trinajstić information content (AvgIpc) is 3.18. The van der Waals surface area contributed by atoms with Crippen LogP contribution >= 0.6 is 24.0 Å². The first-order valence-corrected chi connectivity index (χ1v) is 9.78. The van der Waals surface area contributed by atoms with Crippen LogP contribution in [0.4, 0.5) is 5.69 Å². The first-order chi connectivity index (χ1) is 13.3. The quantitative estimate of drug-likeness (QED) is 0.207. The molecule has 1 aromatic carbocycles. The van der Waals surface area contributed by atoms with Crippen LogP contribution in [0.5, 0.6) is 11.5 Å². The lowest BCUT2D eigenvalue weighted by Crippen LogP contribution is -2.30. The van der Waals surface area contributed by atoms with Crippen LogP contribution in [0.1, 0.15) is 26.7 Å². The number of guanidine groups is 1. The topological polar surface area (TPSA) is 73.3 Å². The number of hydrogen-bond donors (Lipinski definition) is 2. The lowest BCUT2D eigenvalue weighted by molar-refractivity contribution is 0.0893. The second-order valence-electron chi connectivity index (χ2n) is 6.34. The second-order valence-corrected chi connectivity index (χ2v) is 6.34. The van der Waals surface area contributed by atoms with Gasteiger partial charge in [-0.2, -0.15) is 0 Å². The number of benzene rings is 1. The molecule has 1 fully saturated rings. The van der Waals surface area contributed by atoms with E-state index in [1.807, 2.05) is 32.0 Å². The van der Waals surface area contributed by atoms with Crippen molar-refractivity contribution in [1.29, 1.82) is 0 Å². The van der Waals surface area contributed by atoms with Crippen molar-refractivity contribution in [3.05, 3.63) is 18.2 Å².